The Bertz CT molecular complexity index is 101. The van der Waals surface area contributed by atoms with Gasteiger partial charge in [0.15, 0.2) is 0 Å². The molecule has 0 unspecified atom stereocenters. The molecule has 0 spiro atoms. The highest BCUT2D eigenvalue weighted by Crippen LogP contribution is 2.12. The minimum Gasteiger partial charge on any atom is -0.387 e. The molecule has 1 heterocycles. The predicted octanol–water partition coefficient (Wildman–Crippen LogP) is 1.18. The molecule has 0 aliphatic carbocycles. The van der Waals surface area contributed by atoms with E-state index in [2.05, 4.69) is 4.40 Å². The Balaban J connectivity index is 2.36. The highest BCUT2D eigenvalue weighted by Gasteiger charge is 1.98. The first-order chi connectivity index (χ1) is 3.89. The maximum atomic E-state index is 5.46. The molecule has 1 aliphatic heterocycles. The second-order valence-electron chi connectivity index (χ2n) is 1.87. The molecule has 0 aromatic carbocycles. The molecule has 0 bridgehead atoms. The van der Waals surface area contributed by atoms with Crippen molar-refractivity contribution < 1.29 is 0 Å². The van der Waals surface area contributed by atoms with Gasteiger partial charge in [-0.2, -0.15) is 0 Å². The summed E-state index contributed by atoms with van der Waals surface area (Å²) >= 11 is 1.59. The van der Waals surface area contributed by atoms with Crippen LogP contribution >= 0.6 is 11.9 Å². The lowest BCUT2D eigenvalue weighted by Crippen LogP contribution is -2.08. The number of nitrogens with two attached hydrogens (primary N) is 1. The van der Waals surface area contributed by atoms with Gasteiger partial charge in [-0.15, -0.1) is 0 Å². The van der Waals surface area contributed by atoms with Crippen molar-refractivity contribution in [1.82, 2.24) is 0 Å². The lowest BCUT2D eigenvalue weighted by Gasteiger charge is -1.89. The molecule has 0 saturated heterocycles. The predicted molar refractivity (Wildman–Crippen MR) is 37.9 cm³/mol. The molecule has 8 heavy (non-hydrogen) atoms. The van der Waals surface area contributed by atoms with E-state index in [4.69, 9.17) is 5.73 Å². The molecule has 2 nitrogen and oxygen atoms in total. The van der Waals surface area contributed by atoms with Gasteiger partial charge in [-0.05, 0) is 24.8 Å². The third-order valence-corrected chi connectivity index (χ3v) is 1.94. The van der Waals surface area contributed by atoms with Crippen LogP contribution in [0.2, 0.25) is 0 Å². The largest absolute Gasteiger partial charge is 0.387 e. The zero-order valence-electron chi connectivity index (χ0n) is 4.76. The fourth-order valence-electron chi connectivity index (χ4n) is 0.647. The van der Waals surface area contributed by atoms with E-state index in [0.717, 1.165) is 18.0 Å². The minimum absolute atomic E-state index is 0.813. The first-order valence-electron chi connectivity index (χ1n) is 2.84. The molecule has 0 atom stereocenters. The fraction of sp³-hybridized carbons (Fsp3) is 0.800. The summed E-state index contributed by atoms with van der Waals surface area (Å²) in [7, 11) is 0. The van der Waals surface area contributed by atoms with Crippen molar-refractivity contribution in [2.24, 2.45) is 10.1 Å². The van der Waals surface area contributed by atoms with E-state index < -0.39 is 0 Å². The summed E-state index contributed by atoms with van der Waals surface area (Å²) < 4.78 is 4.03. The van der Waals surface area contributed by atoms with Gasteiger partial charge in [0.25, 0.3) is 0 Å². The smallest absolute Gasteiger partial charge is 0.107 e. The van der Waals surface area contributed by atoms with Crippen LogP contribution in [0.25, 0.3) is 0 Å². The Morgan fingerprint density at radius 3 is 3.25 bits per heavy atom. The molecule has 3 heteroatoms. The molecule has 2 N–H and O–H groups in total. The molecule has 1 rings (SSSR count). The number of amidine groups is 1. The van der Waals surface area contributed by atoms with E-state index >= 15 is 0 Å². The molecule has 46 valence electrons. The third-order valence-electron chi connectivity index (χ3n) is 1.10. The molecular weight excluding hydrogens is 120 g/mol. The summed E-state index contributed by atoms with van der Waals surface area (Å²) in [5, 5.41) is 0. The molecule has 0 radical (unpaired) electrons. The molecule has 0 fully saturated rings. The normalized spacial score (nSPS) is 21.8. The van der Waals surface area contributed by atoms with Gasteiger partial charge in [-0.3, -0.25) is 0 Å². The van der Waals surface area contributed by atoms with E-state index in [1.807, 2.05) is 0 Å². The monoisotopic (exact) mass is 130 g/mol. The van der Waals surface area contributed by atoms with Crippen LogP contribution in [0.5, 0.6) is 0 Å². The van der Waals surface area contributed by atoms with Gasteiger partial charge in [0.1, 0.15) is 5.84 Å². The number of rotatable bonds is 0. The Hall–Kier alpha value is -0.180. The first kappa shape index (κ1) is 5.95. The van der Waals surface area contributed by atoms with Crippen molar-refractivity contribution in [3.05, 3.63) is 0 Å². The van der Waals surface area contributed by atoms with Crippen molar-refractivity contribution in [3.63, 3.8) is 0 Å². The summed E-state index contributed by atoms with van der Waals surface area (Å²) in [4.78, 5) is 0. The molecule has 0 aromatic heterocycles. The highest BCUT2D eigenvalue weighted by molar-refractivity contribution is 7.98. The summed E-state index contributed by atoms with van der Waals surface area (Å²) in [5.41, 5.74) is 5.46. The average molecular weight is 130 g/mol. The summed E-state index contributed by atoms with van der Waals surface area (Å²) in [6.45, 7) is 0. The number of nitrogens with zero attached hydrogens (tertiary/aromatic N) is 1. The number of hydrogen-bond acceptors (Lipinski definition) is 3. The summed E-state index contributed by atoms with van der Waals surface area (Å²) in [6, 6.07) is 0. The van der Waals surface area contributed by atoms with Crippen LogP contribution in [0.1, 0.15) is 19.3 Å². The Labute approximate surface area is 53.7 Å². The summed E-state index contributed by atoms with van der Waals surface area (Å²) in [6.07, 6.45) is 3.46. The van der Waals surface area contributed by atoms with Crippen LogP contribution in [0.15, 0.2) is 4.40 Å². The molecule has 1 aliphatic rings. The maximum absolute atomic E-state index is 5.46. The highest BCUT2D eigenvalue weighted by atomic mass is 32.2. The third kappa shape index (κ3) is 1.74. The lowest BCUT2D eigenvalue weighted by atomic mass is 10.2. The van der Waals surface area contributed by atoms with E-state index in [1.54, 1.807) is 11.9 Å². The van der Waals surface area contributed by atoms with Gasteiger partial charge in [0, 0.05) is 12.2 Å². The van der Waals surface area contributed by atoms with Crippen LogP contribution in [0.4, 0.5) is 0 Å². The standard InChI is InChI=1S/C5H10N2S/c6-5-3-1-2-4-8-7-5/h1-4H2,(H2,6,7). The molecule has 0 aromatic rings. The molecule has 0 amide bonds. The van der Waals surface area contributed by atoms with Crippen molar-refractivity contribution in [2.45, 2.75) is 19.3 Å². The van der Waals surface area contributed by atoms with Crippen LogP contribution in [0.3, 0.4) is 0 Å². The molecule has 0 saturated carbocycles. The Morgan fingerprint density at radius 2 is 2.38 bits per heavy atom. The second-order valence-corrected chi connectivity index (χ2v) is 2.72. The topological polar surface area (TPSA) is 38.4 Å². The van der Waals surface area contributed by atoms with Gasteiger partial charge >= 0.3 is 0 Å². The SMILES string of the molecule is NC1=NSCCCC1. The van der Waals surface area contributed by atoms with E-state index in [1.165, 1.54) is 12.8 Å². The van der Waals surface area contributed by atoms with E-state index in [-0.39, 0.29) is 0 Å². The average Bonchev–Trinajstić information content (AvgIpc) is 1.94. The van der Waals surface area contributed by atoms with Crippen LogP contribution in [0, 0.1) is 0 Å². The quantitative estimate of drug-likeness (QED) is 0.500. The van der Waals surface area contributed by atoms with E-state index in [0.29, 0.717) is 0 Å². The van der Waals surface area contributed by atoms with Gasteiger partial charge < -0.3 is 5.73 Å². The van der Waals surface area contributed by atoms with Crippen LogP contribution in [-0.2, 0) is 0 Å². The first-order valence-corrected chi connectivity index (χ1v) is 3.78. The minimum atomic E-state index is 0.813. The zero-order chi connectivity index (χ0) is 5.82. The van der Waals surface area contributed by atoms with Crippen LogP contribution in [-0.4, -0.2) is 11.6 Å². The van der Waals surface area contributed by atoms with Crippen LogP contribution < -0.4 is 5.73 Å². The molecular formula is C5H10N2S. The summed E-state index contributed by atoms with van der Waals surface area (Å²) in [5.74, 6) is 1.95. The maximum Gasteiger partial charge on any atom is 0.107 e. The van der Waals surface area contributed by atoms with E-state index in [9.17, 15) is 0 Å². The van der Waals surface area contributed by atoms with Crippen molar-refractivity contribution in [1.29, 1.82) is 0 Å². The fourth-order valence-corrected chi connectivity index (χ4v) is 1.33. The van der Waals surface area contributed by atoms with Gasteiger partial charge in [-0.1, -0.05) is 0 Å². The van der Waals surface area contributed by atoms with Gasteiger partial charge in [0.2, 0.25) is 0 Å². The second kappa shape index (κ2) is 2.97. The Kier molecular flexibility index (Phi) is 2.21. The van der Waals surface area contributed by atoms with Gasteiger partial charge in [-0.25, -0.2) is 4.40 Å². The van der Waals surface area contributed by atoms with Gasteiger partial charge in [0.05, 0.1) is 0 Å². The van der Waals surface area contributed by atoms with Crippen molar-refractivity contribution in [2.75, 3.05) is 5.75 Å². The zero-order valence-corrected chi connectivity index (χ0v) is 5.58. The lowest BCUT2D eigenvalue weighted by molar-refractivity contribution is 0.848. The number of hydrogen-bond donors (Lipinski definition) is 1. The van der Waals surface area contributed by atoms with Crippen molar-refractivity contribution >= 4 is 17.8 Å². The van der Waals surface area contributed by atoms with Crippen molar-refractivity contribution in [3.8, 4) is 0 Å². The Morgan fingerprint density at radius 1 is 1.50 bits per heavy atom.